The van der Waals surface area contributed by atoms with E-state index in [-0.39, 0.29) is 44.4 Å². The summed E-state index contributed by atoms with van der Waals surface area (Å²) in [6.07, 6.45) is 3.34. The van der Waals surface area contributed by atoms with E-state index >= 15 is 0 Å². The van der Waals surface area contributed by atoms with Crippen molar-refractivity contribution in [1.29, 1.82) is 0 Å². The van der Waals surface area contributed by atoms with E-state index in [1.807, 2.05) is 0 Å². The van der Waals surface area contributed by atoms with E-state index in [4.69, 9.17) is 25.4 Å². The van der Waals surface area contributed by atoms with Crippen LogP contribution in [0.3, 0.4) is 0 Å². The second-order valence-electron chi connectivity index (χ2n) is 8.33. The standard InChI is InChI=1S/C19H20ClI2N3O2.2Co/c1-18(2,3)9-7-26-16(23-9)14-12(21)11(20)13(22)15(25-14)17-24-10(8-27-17)19(4,5)6;;/h7-8H,1-6H3;;. The molecule has 0 unspecified atom stereocenters. The largest absolute Gasteiger partial charge is 0.443 e. The summed E-state index contributed by atoms with van der Waals surface area (Å²) in [6.45, 7) is 12.5. The first-order valence-electron chi connectivity index (χ1n) is 8.37. The first-order valence-corrected chi connectivity index (χ1v) is 10.9. The SMILES string of the molecule is CC(C)(C)c1coc(-c2nc(-c3nc(C(C)(C)C)co3)c(I)c(Cl)c2I)n1.[Co].[Co]. The molecule has 3 rings (SSSR count). The van der Waals surface area contributed by atoms with Crippen molar-refractivity contribution in [3.05, 3.63) is 36.1 Å². The van der Waals surface area contributed by atoms with Gasteiger partial charge in [0.2, 0.25) is 11.8 Å². The molecular formula is C19H20ClCo2I2N3O2. The van der Waals surface area contributed by atoms with Gasteiger partial charge in [-0.3, -0.25) is 0 Å². The molecule has 0 spiro atoms. The predicted octanol–water partition coefficient (Wildman–Crippen LogP) is 6.84. The monoisotopic (exact) mass is 729 g/mol. The minimum absolute atomic E-state index is 0. The quantitative estimate of drug-likeness (QED) is 0.271. The van der Waals surface area contributed by atoms with Crippen LogP contribution in [0.5, 0.6) is 0 Å². The summed E-state index contributed by atoms with van der Waals surface area (Å²) in [4.78, 5) is 14.0. The van der Waals surface area contributed by atoms with Gasteiger partial charge in [0.1, 0.15) is 23.9 Å². The number of nitrogens with zero attached hydrogens (tertiary/aromatic N) is 3. The molecule has 3 aromatic heterocycles. The summed E-state index contributed by atoms with van der Waals surface area (Å²) < 4.78 is 13.0. The Hall–Kier alpha value is 0.333. The second-order valence-corrected chi connectivity index (χ2v) is 10.9. The molecule has 0 saturated carbocycles. The van der Waals surface area contributed by atoms with E-state index in [0.29, 0.717) is 28.2 Å². The van der Waals surface area contributed by atoms with Crippen LogP contribution < -0.4 is 0 Å². The minimum atomic E-state index is -0.118. The number of halogens is 3. The average Bonchev–Trinajstić information content (AvgIpc) is 3.21. The van der Waals surface area contributed by atoms with E-state index in [1.165, 1.54) is 0 Å². The first kappa shape index (κ1) is 27.4. The van der Waals surface area contributed by atoms with Gasteiger partial charge in [0, 0.05) is 44.4 Å². The molecule has 162 valence electrons. The summed E-state index contributed by atoms with van der Waals surface area (Å²) >= 11 is 10.9. The van der Waals surface area contributed by atoms with Crippen LogP contribution in [0.4, 0.5) is 0 Å². The molecule has 0 aromatic carbocycles. The summed E-state index contributed by atoms with van der Waals surface area (Å²) in [6, 6.07) is 0. The van der Waals surface area contributed by atoms with Gasteiger partial charge in [-0.2, -0.15) is 0 Å². The van der Waals surface area contributed by atoms with Gasteiger partial charge in [0.15, 0.2) is 0 Å². The normalized spacial score (nSPS) is 11.8. The Morgan fingerprint density at radius 3 is 1.34 bits per heavy atom. The van der Waals surface area contributed by atoms with Gasteiger partial charge in [-0.15, -0.1) is 0 Å². The van der Waals surface area contributed by atoms with Gasteiger partial charge in [-0.1, -0.05) is 53.1 Å². The number of hydrogen-bond donors (Lipinski definition) is 0. The Balaban J connectivity index is 0.00000210. The van der Waals surface area contributed by atoms with Crippen LogP contribution in [-0.4, -0.2) is 15.0 Å². The molecule has 0 atom stereocenters. The van der Waals surface area contributed by atoms with Crippen molar-refractivity contribution in [1.82, 2.24) is 15.0 Å². The number of aromatic nitrogens is 3. The third-order valence-corrected chi connectivity index (χ3v) is 7.09. The Morgan fingerprint density at radius 2 is 1.07 bits per heavy atom. The first-order chi connectivity index (χ1) is 12.4. The Kier molecular flexibility index (Phi) is 9.31. The zero-order chi connectivity index (χ0) is 20.1. The van der Waals surface area contributed by atoms with Gasteiger partial charge < -0.3 is 8.83 Å². The van der Waals surface area contributed by atoms with Gasteiger partial charge >= 0.3 is 0 Å². The second kappa shape index (κ2) is 9.86. The van der Waals surface area contributed by atoms with Gasteiger partial charge in [0.05, 0.1) is 23.6 Å². The van der Waals surface area contributed by atoms with Crippen LogP contribution in [0.15, 0.2) is 21.4 Å². The minimum Gasteiger partial charge on any atom is -0.443 e. The van der Waals surface area contributed by atoms with Crippen molar-refractivity contribution < 1.29 is 42.4 Å². The van der Waals surface area contributed by atoms with Crippen LogP contribution in [0.1, 0.15) is 52.9 Å². The van der Waals surface area contributed by atoms with E-state index in [9.17, 15) is 0 Å². The average molecular weight is 730 g/mol. The predicted molar refractivity (Wildman–Crippen MR) is 123 cm³/mol. The Bertz CT molecular complexity index is 932. The van der Waals surface area contributed by atoms with Crippen LogP contribution in [0, 0.1) is 7.14 Å². The van der Waals surface area contributed by atoms with Gasteiger partial charge in [-0.05, 0) is 45.2 Å². The zero-order valence-corrected chi connectivity index (χ0v) is 23.8. The fourth-order valence-electron chi connectivity index (χ4n) is 2.25. The van der Waals surface area contributed by atoms with Crippen molar-refractivity contribution in [3.8, 4) is 23.2 Å². The van der Waals surface area contributed by atoms with E-state index in [0.717, 1.165) is 18.5 Å². The fraction of sp³-hybridized carbons (Fsp3) is 0.421. The number of rotatable bonds is 2. The number of hydrogen-bond acceptors (Lipinski definition) is 5. The smallest absolute Gasteiger partial charge is 0.246 e. The number of oxazole rings is 2. The maximum Gasteiger partial charge on any atom is 0.246 e. The maximum absolute atomic E-state index is 6.59. The van der Waals surface area contributed by atoms with E-state index in [2.05, 4.69) is 96.7 Å². The molecule has 0 aliphatic rings. The third kappa shape index (κ3) is 5.77. The molecular weight excluding hydrogens is 709 g/mol. The molecule has 0 aliphatic carbocycles. The molecule has 3 aromatic rings. The maximum atomic E-state index is 6.59. The summed E-state index contributed by atoms with van der Waals surface area (Å²) in [5.74, 6) is 0.873. The summed E-state index contributed by atoms with van der Waals surface area (Å²) in [5, 5.41) is 0.585. The van der Waals surface area contributed by atoms with Crippen molar-refractivity contribution in [3.63, 3.8) is 0 Å². The van der Waals surface area contributed by atoms with Crippen LogP contribution in [0.25, 0.3) is 23.2 Å². The third-order valence-electron chi connectivity index (χ3n) is 3.98. The Morgan fingerprint density at radius 1 is 0.724 bits per heavy atom. The molecule has 0 saturated heterocycles. The number of pyridine rings is 1. The van der Waals surface area contributed by atoms with Crippen LogP contribution in [0.2, 0.25) is 5.02 Å². The zero-order valence-electron chi connectivity index (χ0n) is 16.6. The molecule has 2 radical (unpaired) electrons. The van der Waals surface area contributed by atoms with Crippen molar-refractivity contribution in [2.75, 3.05) is 0 Å². The van der Waals surface area contributed by atoms with E-state index in [1.54, 1.807) is 12.5 Å². The van der Waals surface area contributed by atoms with Gasteiger partial charge in [-0.25, -0.2) is 15.0 Å². The molecule has 0 bridgehead atoms. The Labute approximate surface area is 223 Å². The molecule has 0 aliphatic heterocycles. The molecule has 0 N–H and O–H groups in total. The van der Waals surface area contributed by atoms with Crippen LogP contribution >= 0.6 is 56.8 Å². The van der Waals surface area contributed by atoms with Gasteiger partial charge in [0.25, 0.3) is 0 Å². The van der Waals surface area contributed by atoms with Crippen molar-refractivity contribution >= 4 is 56.8 Å². The van der Waals surface area contributed by atoms with Crippen LogP contribution in [-0.2, 0) is 44.4 Å². The topological polar surface area (TPSA) is 65.0 Å². The summed E-state index contributed by atoms with van der Waals surface area (Å²) in [5.41, 5.74) is 2.65. The van der Waals surface area contributed by atoms with E-state index < -0.39 is 0 Å². The molecule has 5 nitrogen and oxygen atoms in total. The molecule has 10 heteroatoms. The molecule has 29 heavy (non-hydrogen) atoms. The van der Waals surface area contributed by atoms with Crippen molar-refractivity contribution in [2.24, 2.45) is 0 Å². The molecule has 0 amide bonds. The summed E-state index contributed by atoms with van der Waals surface area (Å²) in [7, 11) is 0. The fourth-order valence-corrected chi connectivity index (χ4v) is 4.19. The molecule has 3 heterocycles. The molecule has 0 fully saturated rings. The van der Waals surface area contributed by atoms with Crippen molar-refractivity contribution in [2.45, 2.75) is 52.4 Å².